The average Bonchev–Trinajstić information content (AvgIpc) is 2.91. The second-order valence-corrected chi connectivity index (χ2v) is 5.15. The van der Waals surface area contributed by atoms with Gasteiger partial charge in [0.1, 0.15) is 0 Å². The first-order valence-corrected chi connectivity index (χ1v) is 7.21. The normalized spacial score (nSPS) is 10.8. The third kappa shape index (κ3) is 3.28. The summed E-state index contributed by atoms with van der Waals surface area (Å²) in [6.45, 7) is 2.56. The van der Waals surface area contributed by atoms with Gasteiger partial charge in [0.15, 0.2) is 5.65 Å². The van der Waals surface area contributed by atoms with Gasteiger partial charge in [0.2, 0.25) is 0 Å². The standard InChI is InChI=1S/C16H17N5O/c1-12-8-15-19-9-13(11-21(15)20-12)4-2-7-18-16(22)14-5-3-6-17-10-14/h3,5-6,8-11H,2,4,7H2,1H3,(H,18,22). The quantitative estimate of drug-likeness (QED) is 0.728. The summed E-state index contributed by atoms with van der Waals surface area (Å²) in [6.07, 6.45) is 8.75. The van der Waals surface area contributed by atoms with E-state index in [0.717, 1.165) is 29.7 Å². The second kappa shape index (κ2) is 6.34. The molecule has 0 saturated carbocycles. The number of fused-ring (bicyclic) bond motifs is 1. The number of aromatic nitrogens is 4. The Morgan fingerprint density at radius 3 is 3.09 bits per heavy atom. The van der Waals surface area contributed by atoms with E-state index in [1.165, 1.54) is 0 Å². The Bertz CT molecular complexity index is 782. The summed E-state index contributed by atoms with van der Waals surface area (Å²) in [5, 5.41) is 7.24. The number of hydrogen-bond donors (Lipinski definition) is 1. The van der Waals surface area contributed by atoms with Crippen molar-refractivity contribution in [1.82, 2.24) is 24.9 Å². The predicted molar refractivity (Wildman–Crippen MR) is 82.6 cm³/mol. The highest BCUT2D eigenvalue weighted by Gasteiger charge is 2.04. The molecule has 0 spiro atoms. The highest BCUT2D eigenvalue weighted by molar-refractivity contribution is 5.93. The van der Waals surface area contributed by atoms with Gasteiger partial charge in [-0.1, -0.05) is 0 Å². The topological polar surface area (TPSA) is 72.2 Å². The smallest absolute Gasteiger partial charge is 0.252 e. The molecule has 3 heterocycles. The molecule has 1 amide bonds. The monoisotopic (exact) mass is 295 g/mol. The molecule has 0 radical (unpaired) electrons. The number of carbonyl (C=O) groups is 1. The van der Waals surface area contributed by atoms with Gasteiger partial charge >= 0.3 is 0 Å². The van der Waals surface area contributed by atoms with Crippen molar-refractivity contribution < 1.29 is 4.79 Å². The first-order valence-electron chi connectivity index (χ1n) is 7.21. The van der Waals surface area contributed by atoms with Gasteiger partial charge in [-0.25, -0.2) is 9.50 Å². The molecule has 6 heteroatoms. The van der Waals surface area contributed by atoms with Crippen LogP contribution in [-0.2, 0) is 6.42 Å². The summed E-state index contributed by atoms with van der Waals surface area (Å²) in [7, 11) is 0. The van der Waals surface area contributed by atoms with Crippen molar-refractivity contribution in [1.29, 1.82) is 0 Å². The molecular weight excluding hydrogens is 278 g/mol. The number of nitrogens with zero attached hydrogens (tertiary/aromatic N) is 4. The van der Waals surface area contributed by atoms with Crippen molar-refractivity contribution in [3.8, 4) is 0 Å². The van der Waals surface area contributed by atoms with Crippen molar-refractivity contribution in [2.24, 2.45) is 0 Å². The average molecular weight is 295 g/mol. The maximum absolute atomic E-state index is 11.9. The lowest BCUT2D eigenvalue weighted by atomic mass is 10.2. The highest BCUT2D eigenvalue weighted by atomic mass is 16.1. The molecule has 0 aliphatic carbocycles. The molecule has 0 bridgehead atoms. The van der Waals surface area contributed by atoms with Gasteiger partial charge in [-0.3, -0.25) is 9.78 Å². The van der Waals surface area contributed by atoms with Crippen LogP contribution >= 0.6 is 0 Å². The third-order valence-corrected chi connectivity index (χ3v) is 3.34. The van der Waals surface area contributed by atoms with Crippen molar-refractivity contribution in [3.05, 3.63) is 59.8 Å². The Hall–Kier alpha value is -2.76. The van der Waals surface area contributed by atoms with Crippen molar-refractivity contribution >= 4 is 11.6 Å². The number of aryl methyl sites for hydroxylation is 2. The van der Waals surface area contributed by atoms with E-state index in [1.54, 1.807) is 29.0 Å². The Morgan fingerprint density at radius 1 is 1.36 bits per heavy atom. The van der Waals surface area contributed by atoms with Crippen LogP contribution in [0.3, 0.4) is 0 Å². The van der Waals surface area contributed by atoms with Gasteiger partial charge in [-0.05, 0) is 37.5 Å². The minimum absolute atomic E-state index is 0.0932. The molecule has 6 nitrogen and oxygen atoms in total. The molecule has 112 valence electrons. The minimum atomic E-state index is -0.0932. The van der Waals surface area contributed by atoms with E-state index in [2.05, 4.69) is 20.4 Å². The first-order chi connectivity index (χ1) is 10.7. The number of pyridine rings is 1. The van der Waals surface area contributed by atoms with Crippen LogP contribution in [-0.4, -0.2) is 32.0 Å². The van der Waals surface area contributed by atoms with Crippen LogP contribution in [0.2, 0.25) is 0 Å². The number of hydrogen-bond acceptors (Lipinski definition) is 4. The van der Waals surface area contributed by atoms with E-state index in [4.69, 9.17) is 0 Å². The van der Waals surface area contributed by atoms with Gasteiger partial charge in [0.25, 0.3) is 5.91 Å². The molecular formula is C16H17N5O. The Kier molecular flexibility index (Phi) is 4.09. The van der Waals surface area contributed by atoms with E-state index in [0.29, 0.717) is 12.1 Å². The van der Waals surface area contributed by atoms with Crippen LogP contribution < -0.4 is 5.32 Å². The Balaban J connectivity index is 1.51. The third-order valence-electron chi connectivity index (χ3n) is 3.34. The molecule has 22 heavy (non-hydrogen) atoms. The van der Waals surface area contributed by atoms with E-state index in [1.807, 2.05) is 25.4 Å². The highest BCUT2D eigenvalue weighted by Crippen LogP contribution is 2.06. The Morgan fingerprint density at radius 2 is 2.27 bits per heavy atom. The van der Waals surface area contributed by atoms with Crippen LogP contribution in [0.4, 0.5) is 0 Å². The van der Waals surface area contributed by atoms with Gasteiger partial charge in [-0.2, -0.15) is 5.10 Å². The van der Waals surface area contributed by atoms with Crippen LogP contribution in [0.5, 0.6) is 0 Å². The van der Waals surface area contributed by atoms with E-state index < -0.39 is 0 Å². The van der Waals surface area contributed by atoms with Crippen LogP contribution in [0, 0.1) is 6.92 Å². The molecule has 3 rings (SSSR count). The van der Waals surface area contributed by atoms with Gasteiger partial charge in [0.05, 0.1) is 11.3 Å². The number of rotatable bonds is 5. The van der Waals surface area contributed by atoms with Crippen molar-refractivity contribution in [2.45, 2.75) is 19.8 Å². The molecule has 3 aromatic heterocycles. The van der Waals surface area contributed by atoms with Gasteiger partial charge in [-0.15, -0.1) is 0 Å². The maximum atomic E-state index is 11.9. The molecule has 0 saturated heterocycles. The minimum Gasteiger partial charge on any atom is -0.352 e. The lowest BCUT2D eigenvalue weighted by Crippen LogP contribution is -2.24. The summed E-state index contributed by atoms with van der Waals surface area (Å²) in [4.78, 5) is 20.2. The molecule has 0 atom stereocenters. The molecule has 1 N–H and O–H groups in total. The zero-order chi connectivity index (χ0) is 15.4. The fourth-order valence-corrected chi connectivity index (χ4v) is 2.26. The second-order valence-electron chi connectivity index (χ2n) is 5.15. The van der Waals surface area contributed by atoms with Crippen LogP contribution in [0.25, 0.3) is 5.65 Å². The number of nitrogens with one attached hydrogen (secondary N) is 1. The molecule has 3 aromatic rings. The van der Waals surface area contributed by atoms with Gasteiger partial charge in [0, 0.05) is 37.4 Å². The largest absolute Gasteiger partial charge is 0.352 e. The molecule has 0 aliphatic rings. The van der Waals surface area contributed by atoms with Crippen molar-refractivity contribution in [2.75, 3.05) is 6.54 Å². The first kappa shape index (κ1) is 14.2. The fourth-order valence-electron chi connectivity index (χ4n) is 2.26. The number of carbonyl (C=O) groups excluding carboxylic acids is 1. The zero-order valence-corrected chi connectivity index (χ0v) is 12.4. The van der Waals surface area contributed by atoms with Crippen LogP contribution in [0.15, 0.2) is 43.0 Å². The maximum Gasteiger partial charge on any atom is 0.252 e. The Labute approximate surface area is 128 Å². The van der Waals surface area contributed by atoms with Crippen LogP contribution in [0.1, 0.15) is 28.0 Å². The molecule has 0 aromatic carbocycles. The lowest BCUT2D eigenvalue weighted by molar-refractivity contribution is 0.0953. The summed E-state index contributed by atoms with van der Waals surface area (Å²) >= 11 is 0. The van der Waals surface area contributed by atoms with Crippen molar-refractivity contribution in [3.63, 3.8) is 0 Å². The molecule has 0 unspecified atom stereocenters. The van der Waals surface area contributed by atoms with E-state index >= 15 is 0 Å². The number of amides is 1. The molecule has 0 aliphatic heterocycles. The van der Waals surface area contributed by atoms with E-state index in [-0.39, 0.29) is 5.91 Å². The lowest BCUT2D eigenvalue weighted by Gasteiger charge is -2.05. The summed E-state index contributed by atoms with van der Waals surface area (Å²) in [5.41, 5.74) is 3.49. The molecule has 0 fully saturated rings. The van der Waals surface area contributed by atoms with Gasteiger partial charge < -0.3 is 5.32 Å². The summed E-state index contributed by atoms with van der Waals surface area (Å²) in [6, 6.07) is 5.44. The zero-order valence-electron chi connectivity index (χ0n) is 12.4. The predicted octanol–water partition coefficient (Wildman–Crippen LogP) is 1.80. The SMILES string of the molecule is Cc1cc2ncc(CCCNC(=O)c3cccnc3)cn2n1. The van der Waals surface area contributed by atoms with E-state index in [9.17, 15) is 4.79 Å². The fraction of sp³-hybridized carbons (Fsp3) is 0.250. The summed E-state index contributed by atoms with van der Waals surface area (Å²) < 4.78 is 1.79. The summed E-state index contributed by atoms with van der Waals surface area (Å²) in [5.74, 6) is -0.0932.